The standard InChI is InChI=1S/C14H18NO/c1-12-5-4-8-14(9-12)11-16-15-10-13-6-2-3-7-13/h4-5,8-9,13H,2-3,6-7,11H2,1H3. The van der Waals surface area contributed by atoms with E-state index in [1.165, 1.54) is 31.2 Å². The molecule has 1 aromatic carbocycles. The number of aryl methyl sites for hydroxylation is 1. The van der Waals surface area contributed by atoms with Crippen LogP contribution in [0, 0.1) is 12.8 Å². The number of nitrogens with zero attached hydrogens (tertiary/aromatic N) is 1. The summed E-state index contributed by atoms with van der Waals surface area (Å²) in [6.07, 6.45) is 8.13. The van der Waals surface area contributed by atoms with Gasteiger partial charge in [-0.1, -0.05) is 47.8 Å². The molecule has 0 amide bonds. The summed E-state index contributed by atoms with van der Waals surface area (Å²) in [5.74, 6) is 0.525. The molecule has 0 heterocycles. The summed E-state index contributed by atoms with van der Waals surface area (Å²) >= 11 is 0. The van der Waals surface area contributed by atoms with E-state index in [2.05, 4.69) is 36.5 Å². The molecule has 0 bridgehead atoms. The van der Waals surface area contributed by atoms with Crippen LogP contribution in [0.15, 0.2) is 29.4 Å². The maximum atomic E-state index is 5.25. The Labute approximate surface area is 97.3 Å². The normalized spacial score (nSPS) is 17.1. The Morgan fingerprint density at radius 2 is 2.19 bits per heavy atom. The Balaban J connectivity index is 1.75. The van der Waals surface area contributed by atoms with Gasteiger partial charge in [0.15, 0.2) is 0 Å². The Hall–Kier alpha value is -1.31. The molecular weight excluding hydrogens is 198 g/mol. The van der Waals surface area contributed by atoms with Crippen LogP contribution in [0.1, 0.15) is 36.8 Å². The van der Waals surface area contributed by atoms with Crippen LogP contribution in [0.2, 0.25) is 0 Å². The number of hydrogen-bond donors (Lipinski definition) is 0. The predicted molar refractivity (Wildman–Crippen MR) is 65.4 cm³/mol. The van der Waals surface area contributed by atoms with E-state index in [9.17, 15) is 0 Å². The first-order chi connectivity index (χ1) is 7.84. The fraction of sp³-hybridized carbons (Fsp3) is 0.500. The molecule has 0 aliphatic heterocycles. The van der Waals surface area contributed by atoms with Crippen LogP contribution in [0.5, 0.6) is 0 Å². The molecule has 2 nitrogen and oxygen atoms in total. The lowest BCUT2D eigenvalue weighted by Crippen LogP contribution is -1.95. The molecule has 2 rings (SSSR count). The van der Waals surface area contributed by atoms with Crippen molar-refractivity contribution >= 4 is 6.21 Å². The van der Waals surface area contributed by atoms with Gasteiger partial charge in [-0.15, -0.1) is 0 Å². The Bertz CT molecular complexity index is 354. The highest BCUT2D eigenvalue weighted by atomic mass is 16.6. The highest BCUT2D eigenvalue weighted by molar-refractivity contribution is 5.60. The summed E-state index contributed by atoms with van der Waals surface area (Å²) in [6, 6.07) is 8.29. The van der Waals surface area contributed by atoms with Crippen molar-refractivity contribution in [3.63, 3.8) is 0 Å². The molecule has 1 aliphatic rings. The summed E-state index contributed by atoms with van der Waals surface area (Å²) < 4.78 is 0. The predicted octanol–water partition coefficient (Wildman–Crippen LogP) is 3.56. The minimum Gasteiger partial charge on any atom is -0.391 e. The minimum atomic E-state index is 0.525. The molecule has 0 atom stereocenters. The van der Waals surface area contributed by atoms with Crippen LogP contribution in [0.25, 0.3) is 0 Å². The van der Waals surface area contributed by atoms with Crippen molar-refractivity contribution in [2.75, 3.05) is 0 Å². The second kappa shape index (κ2) is 5.69. The van der Waals surface area contributed by atoms with Crippen LogP contribution in [-0.2, 0) is 11.4 Å². The second-order valence-corrected chi connectivity index (χ2v) is 4.46. The molecule has 0 saturated heterocycles. The van der Waals surface area contributed by atoms with Gasteiger partial charge in [-0.2, -0.15) is 0 Å². The third-order valence-electron chi connectivity index (χ3n) is 2.97. The fourth-order valence-corrected chi connectivity index (χ4v) is 2.08. The zero-order valence-corrected chi connectivity index (χ0v) is 9.78. The lowest BCUT2D eigenvalue weighted by atomic mass is 10.1. The van der Waals surface area contributed by atoms with Crippen LogP contribution in [0.3, 0.4) is 0 Å². The highest BCUT2D eigenvalue weighted by Gasteiger charge is 2.12. The molecule has 85 valence electrons. The topological polar surface area (TPSA) is 21.6 Å². The van der Waals surface area contributed by atoms with Gasteiger partial charge in [-0.3, -0.25) is 0 Å². The Kier molecular flexibility index (Phi) is 3.97. The van der Waals surface area contributed by atoms with E-state index in [0.29, 0.717) is 12.5 Å². The molecule has 16 heavy (non-hydrogen) atoms. The first-order valence-corrected chi connectivity index (χ1v) is 5.97. The lowest BCUT2D eigenvalue weighted by molar-refractivity contribution is 0.130. The van der Waals surface area contributed by atoms with Crippen LogP contribution < -0.4 is 0 Å². The monoisotopic (exact) mass is 216 g/mol. The van der Waals surface area contributed by atoms with E-state index in [1.807, 2.05) is 6.07 Å². The van der Waals surface area contributed by atoms with Crippen molar-refractivity contribution in [1.29, 1.82) is 0 Å². The van der Waals surface area contributed by atoms with E-state index >= 15 is 0 Å². The minimum absolute atomic E-state index is 0.525. The van der Waals surface area contributed by atoms with Gasteiger partial charge in [0, 0.05) is 5.92 Å². The molecule has 1 aromatic rings. The number of rotatable bonds is 4. The summed E-state index contributed by atoms with van der Waals surface area (Å²) in [4.78, 5) is 5.25. The van der Waals surface area contributed by atoms with Gasteiger partial charge in [-0.25, -0.2) is 0 Å². The van der Waals surface area contributed by atoms with Gasteiger partial charge in [0.25, 0.3) is 0 Å². The van der Waals surface area contributed by atoms with Crippen molar-refractivity contribution < 1.29 is 4.84 Å². The molecule has 1 radical (unpaired) electrons. The van der Waals surface area contributed by atoms with Crippen LogP contribution in [-0.4, -0.2) is 6.21 Å². The summed E-state index contributed by atoms with van der Waals surface area (Å²) in [7, 11) is 0. The molecule has 1 aliphatic carbocycles. The van der Waals surface area contributed by atoms with E-state index in [-0.39, 0.29) is 0 Å². The second-order valence-electron chi connectivity index (χ2n) is 4.46. The zero-order valence-electron chi connectivity index (χ0n) is 9.78. The molecule has 1 fully saturated rings. The van der Waals surface area contributed by atoms with Gasteiger partial charge < -0.3 is 4.84 Å². The van der Waals surface area contributed by atoms with Gasteiger partial charge in [0.2, 0.25) is 0 Å². The molecule has 0 aromatic heterocycles. The van der Waals surface area contributed by atoms with Crippen LogP contribution >= 0.6 is 0 Å². The molecule has 0 unspecified atom stereocenters. The molecule has 0 spiro atoms. The smallest absolute Gasteiger partial charge is 0.142 e. The highest BCUT2D eigenvalue weighted by Crippen LogP contribution is 2.22. The first-order valence-electron chi connectivity index (χ1n) is 5.97. The van der Waals surface area contributed by atoms with Gasteiger partial charge in [0.1, 0.15) is 12.8 Å². The zero-order chi connectivity index (χ0) is 11.2. The summed E-state index contributed by atoms with van der Waals surface area (Å²) in [5.41, 5.74) is 2.42. The van der Waals surface area contributed by atoms with Crippen molar-refractivity contribution in [3.05, 3.63) is 35.4 Å². The number of hydrogen-bond acceptors (Lipinski definition) is 2. The first kappa shape index (κ1) is 11.2. The summed E-state index contributed by atoms with van der Waals surface area (Å²) in [6.45, 7) is 2.62. The van der Waals surface area contributed by atoms with E-state index in [4.69, 9.17) is 4.84 Å². The van der Waals surface area contributed by atoms with Gasteiger partial charge in [0.05, 0.1) is 0 Å². The van der Waals surface area contributed by atoms with Crippen LogP contribution in [0.4, 0.5) is 0 Å². The Morgan fingerprint density at radius 3 is 2.94 bits per heavy atom. The quantitative estimate of drug-likeness (QED) is 0.557. The van der Waals surface area contributed by atoms with Gasteiger partial charge >= 0.3 is 0 Å². The summed E-state index contributed by atoms with van der Waals surface area (Å²) in [5, 5.41) is 3.93. The van der Waals surface area contributed by atoms with Gasteiger partial charge in [-0.05, 0) is 25.3 Å². The third kappa shape index (κ3) is 3.37. The van der Waals surface area contributed by atoms with E-state index in [0.717, 1.165) is 5.56 Å². The Morgan fingerprint density at radius 1 is 1.38 bits per heavy atom. The average Bonchev–Trinajstić information content (AvgIpc) is 2.77. The third-order valence-corrected chi connectivity index (χ3v) is 2.97. The SMILES string of the molecule is Cc1cccc(CO/N=[C]\C2CCCC2)c1. The maximum absolute atomic E-state index is 5.25. The maximum Gasteiger partial charge on any atom is 0.142 e. The van der Waals surface area contributed by atoms with Crippen molar-refractivity contribution in [3.8, 4) is 0 Å². The fourth-order valence-electron chi connectivity index (χ4n) is 2.08. The van der Waals surface area contributed by atoms with Crippen molar-refractivity contribution in [2.24, 2.45) is 11.1 Å². The molecule has 1 saturated carbocycles. The largest absolute Gasteiger partial charge is 0.391 e. The number of benzene rings is 1. The van der Waals surface area contributed by atoms with E-state index in [1.54, 1.807) is 0 Å². The molecular formula is C14H18NO. The lowest BCUT2D eigenvalue weighted by Gasteiger charge is -2.02. The van der Waals surface area contributed by atoms with Crippen molar-refractivity contribution in [1.82, 2.24) is 0 Å². The average molecular weight is 216 g/mol. The van der Waals surface area contributed by atoms with Crippen molar-refractivity contribution in [2.45, 2.75) is 39.2 Å². The molecule has 0 N–H and O–H groups in total. The molecule has 2 heteroatoms. The van der Waals surface area contributed by atoms with E-state index < -0.39 is 0 Å².